The number of rotatable bonds is 7. The molecule has 5 aromatic carbocycles. The highest BCUT2D eigenvalue weighted by atomic mass is 79.9. The predicted octanol–water partition coefficient (Wildman–Crippen LogP) is 8.61. The molecule has 0 aromatic heterocycles. The average molecular weight is 639 g/mol. The number of nitrogens with zero attached hydrogens (tertiary/aromatic N) is 1. The molecule has 208 valence electrons. The zero-order chi connectivity index (χ0) is 29.2. The number of amides is 2. The van der Waals surface area contributed by atoms with E-state index in [2.05, 4.69) is 15.9 Å². The smallest absolute Gasteiger partial charge is 0.344 e. The van der Waals surface area contributed by atoms with Crippen LogP contribution in [0.3, 0.4) is 0 Å². The highest BCUT2D eigenvalue weighted by molar-refractivity contribution is 9.10. The third-order valence-corrected chi connectivity index (χ3v) is 8.41. The van der Waals surface area contributed by atoms with Gasteiger partial charge in [-0.3, -0.25) is 14.5 Å². The summed E-state index contributed by atoms with van der Waals surface area (Å²) < 4.78 is 12.1. The molecule has 0 saturated carbocycles. The van der Waals surface area contributed by atoms with E-state index in [0.29, 0.717) is 32.9 Å². The van der Waals surface area contributed by atoms with Crippen LogP contribution >= 0.6 is 27.7 Å². The molecule has 1 aliphatic heterocycles. The van der Waals surface area contributed by atoms with Gasteiger partial charge in [0.25, 0.3) is 11.1 Å². The molecule has 42 heavy (non-hydrogen) atoms. The number of esters is 1. The minimum absolute atomic E-state index is 0.181. The van der Waals surface area contributed by atoms with Gasteiger partial charge in [-0.15, -0.1) is 0 Å². The van der Waals surface area contributed by atoms with Gasteiger partial charge in [-0.2, -0.15) is 0 Å². The number of carbonyl (C=O) groups is 3. The molecule has 1 heterocycles. The molecule has 0 aliphatic carbocycles. The number of hydrogen-bond donors (Lipinski definition) is 0. The van der Waals surface area contributed by atoms with Gasteiger partial charge in [-0.25, -0.2) is 4.79 Å². The lowest BCUT2D eigenvalue weighted by Crippen LogP contribution is -2.27. The van der Waals surface area contributed by atoms with Crippen LogP contribution in [0.5, 0.6) is 11.5 Å². The van der Waals surface area contributed by atoms with Crippen LogP contribution in [-0.2, 0) is 11.3 Å². The first-order chi connectivity index (χ1) is 20.4. The zero-order valence-electron chi connectivity index (χ0n) is 22.5. The van der Waals surface area contributed by atoms with E-state index >= 15 is 0 Å². The van der Waals surface area contributed by atoms with Crippen LogP contribution in [0.2, 0.25) is 0 Å². The Hall–Kier alpha value is -4.40. The Morgan fingerprint density at radius 2 is 1.55 bits per heavy atom. The van der Waals surface area contributed by atoms with Crippen LogP contribution in [0.15, 0.2) is 106 Å². The Bertz CT molecular complexity index is 1910. The van der Waals surface area contributed by atoms with E-state index in [1.807, 2.05) is 85.8 Å². The molecule has 8 heteroatoms. The standard InChI is InChI=1S/C34H24BrNO5S/c1-2-40-29-18-21(17-28(35)31(29)41-33(38)27-16-8-12-23-10-4-6-15-26(23)27)19-30-32(37)36(34(39)42-30)20-24-13-7-11-22-9-3-5-14-25(22)24/h3-19H,2,20H2,1H3/b30-19-. The van der Waals surface area contributed by atoms with Gasteiger partial charge >= 0.3 is 5.97 Å². The SMILES string of the molecule is CCOc1cc(/C=C2\SC(=O)N(Cc3cccc4ccccc34)C2=O)cc(Br)c1OC(=O)c1cccc2ccccc12. The molecule has 1 saturated heterocycles. The predicted molar refractivity (Wildman–Crippen MR) is 170 cm³/mol. The fraction of sp³-hybridized carbons (Fsp3) is 0.0882. The molecule has 1 fully saturated rings. The molecule has 0 spiro atoms. The van der Waals surface area contributed by atoms with Crippen molar-refractivity contribution in [1.29, 1.82) is 0 Å². The Morgan fingerprint density at radius 3 is 2.31 bits per heavy atom. The first kappa shape index (κ1) is 27.8. The number of benzene rings is 5. The van der Waals surface area contributed by atoms with E-state index in [1.165, 1.54) is 4.90 Å². The number of thioether (sulfide) groups is 1. The third-order valence-electron chi connectivity index (χ3n) is 6.92. The fourth-order valence-corrected chi connectivity index (χ4v) is 6.35. The molecular weight excluding hydrogens is 614 g/mol. The first-order valence-corrected chi connectivity index (χ1v) is 14.9. The van der Waals surface area contributed by atoms with Crippen LogP contribution in [0.25, 0.3) is 27.6 Å². The number of imide groups is 1. The lowest BCUT2D eigenvalue weighted by molar-refractivity contribution is -0.123. The summed E-state index contributed by atoms with van der Waals surface area (Å²) in [5.74, 6) is -0.313. The molecule has 0 atom stereocenters. The zero-order valence-corrected chi connectivity index (χ0v) is 24.9. The van der Waals surface area contributed by atoms with E-state index in [0.717, 1.165) is 38.9 Å². The molecule has 0 radical (unpaired) electrons. The van der Waals surface area contributed by atoms with Gasteiger partial charge in [0.05, 0.1) is 28.1 Å². The lowest BCUT2D eigenvalue weighted by atomic mass is 10.0. The van der Waals surface area contributed by atoms with E-state index in [4.69, 9.17) is 9.47 Å². The van der Waals surface area contributed by atoms with Crippen molar-refractivity contribution < 1.29 is 23.9 Å². The summed E-state index contributed by atoms with van der Waals surface area (Å²) in [5.41, 5.74) is 1.95. The first-order valence-electron chi connectivity index (χ1n) is 13.3. The monoisotopic (exact) mass is 637 g/mol. The summed E-state index contributed by atoms with van der Waals surface area (Å²) >= 11 is 4.42. The normalized spacial score (nSPS) is 14.2. The Balaban J connectivity index is 1.27. The molecule has 0 N–H and O–H groups in total. The van der Waals surface area contributed by atoms with Crippen molar-refractivity contribution >= 4 is 72.4 Å². The van der Waals surface area contributed by atoms with Crippen LogP contribution in [0.1, 0.15) is 28.4 Å². The summed E-state index contributed by atoms with van der Waals surface area (Å²) in [6.07, 6.45) is 1.65. The van der Waals surface area contributed by atoms with Crippen molar-refractivity contribution in [3.8, 4) is 11.5 Å². The van der Waals surface area contributed by atoms with Crippen molar-refractivity contribution in [2.75, 3.05) is 6.61 Å². The average Bonchev–Trinajstić information content (AvgIpc) is 3.26. The molecule has 6 rings (SSSR count). The molecule has 2 amide bonds. The van der Waals surface area contributed by atoms with Crippen molar-refractivity contribution in [2.45, 2.75) is 13.5 Å². The largest absolute Gasteiger partial charge is 0.490 e. The Morgan fingerprint density at radius 1 is 0.881 bits per heavy atom. The van der Waals surface area contributed by atoms with E-state index in [1.54, 1.807) is 24.3 Å². The van der Waals surface area contributed by atoms with Gasteiger partial charge in [-0.05, 0) is 91.6 Å². The summed E-state index contributed by atoms with van der Waals surface area (Å²) in [6.45, 7) is 2.34. The quantitative estimate of drug-likeness (QED) is 0.101. The van der Waals surface area contributed by atoms with Gasteiger partial charge in [-0.1, -0.05) is 78.9 Å². The van der Waals surface area contributed by atoms with Crippen LogP contribution < -0.4 is 9.47 Å². The van der Waals surface area contributed by atoms with Crippen molar-refractivity contribution in [3.05, 3.63) is 123 Å². The molecule has 5 aromatic rings. The Labute approximate surface area is 255 Å². The Kier molecular flexibility index (Phi) is 7.82. The van der Waals surface area contributed by atoms with Gasteiger partial charge < -0.3 is 9.47 Å². The van der Waals surface area contributed by atoms with Crippen LogP contribution in [-0.4, -0.2) is 28.6 Å². The molecule has 0 bridgehead atoms. The number of fused-ring (bicyclic) bond motifs is 2. The van der Waals surface area contributed by atoms with E-state index < -0.39 is 5.97 Å². The summed E-state index contributed by atoms with van der Waals surface area (Å²) in [5, 5.41) is 3.44. The summed E-state index contributed by atoms with van der Waals surface area (Å²) in [7, 11) is 0. The number of hydrogen-bond acceptors (Lipinski definition) is 6. The van der Waals surface area contributed by atoms with Gasteiger partial charge in [0, 0.05) is 0 Å². The van der Waals surface area contributed by atoms with Crippen molar-refractivity contribution in [1.82, 2.24) is 4.90 Å². The van der Waals surface area contributed by atoms with Crippen molar-refractivity contribution in [3.63, 3.8) is 0 Å². The second kappa shape index (κ2) is 11.8. The summed E-state index contributed by atoms with van der Waals surface area (Å²) in [4.78, 5) is 41.0. The van der Waals surface area contributed by atoms with Crippen molar-refractivity contribution in [2.24, 2.45) is 0 Å². The maximum absolute atomic E-state index is 13.3. The number of carbonyl (C=O) groups excluding carboxylic acids is 3. The third kappa shape index (κ3) is 5.43. The molecule has 1 aliphatic rings. The van der Waals surface area contributed by atoms with Gasteiger partial charge in [0.15, 0.2) is 11.5 Å². The maximum Gasteiger partial charge on any atom is 0.344 e. The maximum atomic E-state index is 13.3. The summed E-state index contributed by atoms with van der Waals surface area (Å²) in [6, 6.07) is 30.2. The fourth-order valence-electron chi connectivity index (χ4n) is 4.97. The topological polar surface area (TPSA) is 72.9 Å². The van der Waals surface area contributed by atoms with Gasteiger partial charge in [0.1, 0.15) is 0 Å². The van der Waals surface area contributed by atoms with E-state index in [-0.39, 0.29) is 23.4 Å². The highest BCUT2D eigenvalue weighted by Gasteiger charge is 2.35. The minimum atomic E-state index is -0.518. The second-order valence-corrected chi connectivity index (χ2v) is 11.4. The number of halogens is 1. The number of ether oxygens (including phenoxy) is 2. The lowest BCUT2D eigenvalue weighted by Gasteiger charge is -2.15. The van der Waals surface area contributed by atoms with Crippen LogP contribution in [0.4, 0.5) is 4.79 Å². The minimum Gasteiger partial charge on any atom is -0.490 e. The molecule has 6 nitrogen and oxygen atoms in total. The second-order valence-electron chi connectivity index (χ2n) is 9.59. The highest BCUT2D eigenvalue weighted by Crippen LogP contribution is 2.40. The molecule has 0 unspecified atom stereocenters. The van der Waals surface area contributed by atoms with Gasteiger partial charge in [0.2, 0.25) is 0 Å². The van der Waals surface area contributed by atoms with Crippen LogP contribution in [0, 0.1) is 0 Å². The van der Waals surface area contributed by atoms with E-state index in [9.17, 15) is 14.4 Å². The molecular formula is C34H24BrNO5S.